The van der Waals surface area contributed by atoms with Crippen molar-refractivity contribution in [2.45, 2.75) is 32.6 Å². The first-order valence-electron chi connectivity index (χ1n) is 9.06. The molecule has 0 radical (unpaired) electrons. The van der Waals surface area contributed by atoms with Gasteiger partial charge in [-0.25, -0.2) is 0 Å². The molecular weight excluding hydrogens is 340 g/mol. The van der Waals surface area contributed by atoms with Crippen LogP contribution in [0.2, 0.25) is 0 Å². The number of pyridine rings is 3. The van der Waals surface area contributed by atoms with Gasteiger partial charge in [0.1, 0.15) is 0 Å². The van der Waals surface area contributed by atoms with Gasteiger partial charge in [-0.3, -0.25) is 19.6 Å². The van der Waals surface area contributed by atoms with Gasteiger partial charge < -0.3 is 10.3 Å². The third kappa shape index (κ3) is 3.26. The van der Waals surface area contributed by atoms with E-state index in [4.69, 9.17) is 0 Å². The van der Waals surface area contributed by atoms with Gasteiger partial charge in [0.25, 0.3) is 11.5 Å². The van der Waals surface area contributed by atoms with E-state index in [0.29, 0.717) is 16.9 Å². The summed E-state index contributed by atoms with van der Waals surface area (Å²) in [7, 11) is 0. The van der Waals surface area contributed by atoms with Crippen molar-refractivity contribution in [1.29, 1.82) is 0 Å². The number of amides is 1. The van der Waals surface area contributed by atoms with Crippen LogP contribution in [0.25, 0.3) is 11.1 Å². The number of fused-ring (bicyclic) bond motifs is 1. The fraction of sp³-hybridized carbons (Fsp3) is 0.238. The molecule has 0 unspecified atom stereocenters. The molecule has 1 aliphatic rings. The predicted octanol–water partition coefficient (Wildman–Crippen LogP) is 3.27. The van der Waals surface area contributed by atoms with Gasteiger partial charge in [-0.15, -0.1) is 0 Å². The zero-order chi connectivity index (χ0) is 18.8. The first-order valence-corrected chi connectivity index (χ1v) is 9.06. The highest BCUT2D eigenvalue weighted by Crippen LogP contribution is 2.33. The maximum Gasteiger partial charge on any atom is 0.257 e. The lowest BCUT2D eigenvalue weighted by Gasteiger charge is -2.20. The molecule has 0 atom stereocenters. The second-order valence-electron chi connectivity index (χ2n) is 6.71. The Morgan fingerprint density at radius 1 is 1.11 bits per heavy atom. The van der Waals surface area contributed by atoms with Crippen LogP contribution in [0.15, 0.2) is 47.8 Å². The highest BCUT2D eigenvalue weighted by atomic mass is 16.1. The fourth-order valence-corrected chi connectivity index (χ4v) is 3.64. The molecule has 3 heterocycles. The number of carbonyl (C=O) groups is 1. The van der Waals surface area contributed by atoms with Crippen LogP contribution in [-0.2, 0) is 12.8 Å². The van der Waals surface area contributed by atoms with Gasteiger partial charge in [0.05, 0.1) is 11.3 Å². The summed E-state index contributed by atoms with van der Waals surface area (Å²) in [5.41, 5.74) is 5.49. The summed E-state index contributed by atoms with van der Waals surface area (Å²) in [5.74, 6) is -0.216. The molecule has 0 saturated carbocycles. The van der Waals surface area contributed by atoms with Gasteiger partial charge in [0.15, 0.2) is 0 Å². The van der Waals surface area contributed by atoms with Crippen LogP contribution in [0.5, 0.6) is 0 Å². The Balaban J connectivity index is 1.76. The molecule has 2 N–H and O–H groups in total. The second-order valence-corrected chi connectivity index (χ2v) is 6.71. The molecule has 0 saturated heterocycles. The standard InChI is InChI=1S/C21H20N4O2/c1-13-14(7-4-9-23-13)21(27)25-19-8-10-22-11-18(19)17-12-24-20(26)16-6-3-2-5-15(16)17/h4,7-12H,2-3,5-6H2,1H3,(H,24,26)(H,22,25,27). The lowest BCUT2D eigenvalue weighted by molar-refractivity contribution is 0.102. The van der Waals surface area contributed by atoms with Crippen LogP contribution in [-0.4, -0.2) is 20.9 Å². The van der Waals surface area contributed by atoms with Crippen LogP contribution in [0.1, 0.15) is 40.0 Å². The average Bonchev–Trinajstić information content (AvgIpc) is 2.69. The molecule has 4 rings (SSSR count). The highest BCUT2D eigenvalue weighted by Gasteiger charge is 2.20. The van der Waals surface area contributed by atoms with Crippen molar-refractivity contribution >= 4 is 11.6 Å². The molecular formula is C21H20N4O2. The molecule has 6 heteroatoms. The molecule has 0 aliphatic heterocycles. The largest absolute Gasteiger partial charge is 0.328 e. The van der Waals surface area contributed by atoms with Crippen molar-refractivity contribution in [1.82, 2.24) is 15.0 Å². The molecule has 1 aliphatic carbocycles. The Kier molecular flexibility index (Phi) is 4.54. The smallest absolute Gasteiger partial charge is 0.257 e. The number of anilines is 1. The van der Waals surface area contributed by atoms with Gasteiger partial charge >= 0.3 is 0 Å². The molecule has 0 spiro atoms. The minimum absolute atomic E-state index is 0.0195. The van der Waals surface area contributed by atoms with Crippen LogP contribution < -0.4 is 10.9 Å². The van der Waals surface area contributed by atoms with Crippen LogP contribution in [0.4, 0.5) is 5.69 Å². The molecule has 136 valence electrons. The van der Waals surface area contributed by atoms with E-state index < -0.39 is 0 Å². The highest BCUT2D eigenvalue weighted by molar-refractivity contribution is 6.06. The number of aromatic amines is 1. The molecule has 6 nitrogen and oxygen atoms in total. The number of aryl methyl sites for hydroxylation is 1. The van der Waals surface area contributed by atoms with E-state index in [1.807, 2.05) is 0 Å². The molecule has 3 aromatic heterocycles. The maximum atomic E-state index is 12.7. The van der Waals surface area contributed by atoms with Gasteiger partial charge in [0.2, 0.25) is 0 Å². The first kappa shape index (κ1) is 17.1. The Bertz CT molecular complexity index is 1070. The summed E-state index contributed by atoms with van der Waals surface area (Å²) in [4.78, 5) is 36.2. The topological polar surface area (TPSA) is 87.7 Å². The van der Waals surface area contributed by atoms with Crippen LogP contribution in [0.3, 0.4) is 0 Å². The molecule has 27 heavy (non-hydrogen) atoms. The maximum absolute atomic E-state index is 12.7. The van der Waals surface area contributed by atoms with Crippen molar-refractivity contribution < 1.29 is 4.79 Å². The Hall–Kier alpha value is -3.28. The number of hydrogen-bond acceptors (Lipinski definition) is 4. The summed E-state index contributed by atoms with van der Waals surface area (Å²) in [6, 6.07) is 5.27. The number of H-pyrrole nitrogens is 1. The minimum Gasteiger partial charge on any atom is -0.328 e. The number of rotatable bonds is 3. The van der Waals surface area contributed by atoms with Crippen molar-refractivity contribution in [3.8, 4) is 11.1 Å². The third-order valence-electron chi connectivity index (χ3n) is 5.03. The summed E-state index contributed by atoms with van der Waals surface area (Å²) in [5, 5.41) is 2.98. The predicted molar refractivity (Wildman–Crippen MR) is 104 cm³/mol. The number of nitrogens with zero attached hydrogens (tertiary/aromatic N) is 2. The number of carbonyl (C=O) groups excluding carboxylic acids is 1. The van der Waals surface area contributed by atoms with Crippen molar-refractivity contribution in [3.05, 3.63) is 75.7 Å². The van der Waals surface area contributed by atoms with Crippen LogP contribution in [0, 0.1) is 6.92 Å². The van der Waals surface area contributed by atoms with Crippen molar-refractivity contribution in [2.75, 3.05) is 5.32 Å². The third-order valence-corrected chi connectivity index (χ3v) is 5.03. The monoisotopic (exact) mass is 360 g/mol. The van der Waals surface area contributed by atoms with Gasteiger partial charge in [-0.05, 0) is 56.4 Å². The summed E-state index contributed by atoms with van der Waals surface area (Å²) in [6.07, 6.45) is 10.5. The summed E-state index contributed by atoms with van der Waals surface area (Å²) in [6.45, 7) is 1.81. The minimum atomic E-state index is -0.216. The zero-order valence-corrected chi connectivity index (χ0v) is 15.1. The Labute approximate surface area is 156 Å². The molecule has 3 aromatic rings. The number of aromatic nitrogens is 3. The number of nitrogens with one attached hydrogen (secondary N) is 2. The first-order chi connectivity index (χ1) is 13.1. The van der Waals surface area contributed by atoms with E-state index in [-0.39, 0.29) is 11.5 Å². The molecule has 0 fully saturated rings. The van der Waals surface area contributed by atoms with E-state index in [9.17, 15) is 9.59 Å². The van der Waals surface area contributed by atoms with Gasteiger partial charge in [-0.2, -0.15) is 0 Å². The van der Waals surface area contributed by atoms with Crippen molar-refractivity contribution in [2.24, 2.45) is 0 Å². The van der Waals surface area contributed by atoms with E-state index in [1.165, 1.54) is 0 Å². The quantitative estimate of drug-likeness (QED) is 0.750. The Morgan fingerprint density at radius 2 is 1.93 bits per heavy atom. The van der Waals surface area contributed by atoms with Gasteiger partial charge in [-0.1, -0.05) is 0 Å². The SMILES string of the molecule is Cc1ncccc1C(=O)Nc1ccncc1-c1c[nH]c(=O)c2c1CCCC2. The second kappa shape index (κ2) is 7.15. The molecule has 1 amide bonds. The summed E-state index contributed by atoms with van der Waals surface area (Å²) >= 11 is 0. The van der Waals surface area contributed by atoms with Crippen LogP contribution >= 0.6 is 0 Å². The zero-order valence-electron chi connectivity index (χ0n) is 15.1. The lowest BCUT2D eigenvalue weighted by Crippen LogP contribution is -2.20. The molecule has 0 aromatic carbocycles. The number of hydrogen-bond donors (Lipinski definition) is 2. The van der Waals surface area contributed by atoms with E-state index in [0.717, 1.165) is 47.9 Å². The van der Waals surface area contributed by atoms with E-state index in [1.54, 1.807) is 49.9 Å². The van der Waals surface area contributed by atoms with Gasteiger partial charge in [0, 0.05) is 47.2 Å². The van der Waals surface area contributed by atoms with E-state index in [2.05, 4.69) is 20.3 Å². The fourth-order valence-electron chi connectivity index (χ4n) is 3.64. The normalized spacial score (nSPS) is 13.1. The van der Waals surface area contributed by atoms with Crippen molar-refractivity contribution in [3.63, 3.8) is 0 Å². The lowest BCUT2D eigenvalue weighted by atomic mass is 9.87. The molecule has 0 bridgehead atoms. The average molecular weight is 360 g/mol. The summed E-state index contributed by atoms with van der Waals surface area (Å²) < 4.78 is 0. The van der Waals surface area contributed by atoms with E-state index >= 15 is 0 Å². The Morgan fingerprint density at radius 3 is 2.74 bits per heavy atom.